The molecule has 1 aliphatic rings. The van der Waals surface area contributed by atoms with E-state index in [9.17, 15) is 9.18 Å². The van der Waals surface area contributed by atoms with Crippen molar-refractivity contribution in [1.82, 2.24) is 4.98 Å². The first-order valence-electron chi connectivity index (χ1n) is 7.49. The molecule has 0 N–H and O–H groups in total. The number of halogens is 1. The summed E-state index contributed by atoms with van der Waals surface area (Å²) in [7, 11) is 1.45. The quantitative estimate of drug-likeness (QED) is 0.805. The smallest absolute Gasteiger partial charge is 0.343 e. The van der Waals surface area contributed by atoms with Crippen LogP contribution in [0.3, 0.4) is 0 Å². The van der Waals surface area contributed by atoms with Crippen LogP contribution in [0.1, 0.15) is 48.0 Å². The number of pyridine rings is 1. The number of hydrogen-bond acceptors (Lipinski definition) is 4. The molecule has 1 aromatic carbocycles. The fourth-order valence-corrected chi connectivity index (χ4v) is 2.74. The third-order valence-electron chi connectivity index (χ3n) is 4.13. The van der Waals surface area contributed by atoms with Gasteiger partial charge in [0.25, 0.3) is 0 Å². The van der Waals surface area contributed by atoms with Crippen molar-refractivity contribution in [1.29, 1.82) is 0 Å². The summed E-state index contributed by atoms with van der Waals surface area (Å²) in [6.45, 7) is 1.98. The summed E-state index contributed by atoms with van der Waals surface area (Å²) in [5, 5.41) is 0.574. The van der Waals surface area contributed by atoms with Crippen LogP contribution >= 0.6 is 0 Å². The molecule has 0 aliphatic heterocycles. The molecule has 116 valence electrons. The lowest BCUT2D eigenvalue weighted by molar-refractivity contribution is 0.0522. The van der Waals surface area contributed by atoms with E-state index in [4.69, 9.17) is 9.47 Å². The summed E-state index contributed by atoms with van der Waals surface area (Å²) in [4.78, 5) is 16.3. The SMILES string of the molecule is CCOC(=O)c1cc2cc(F)c(C3CCC3)cc2nc1OC. The Morgan fingerprint density at radius 1 is 1.36 bits per heavy atom. The average molecular weight is 303 g/mol. The normalized spacial score (nSPS) is 14.7. The van der Waals surface area contributed by atoms with Gasteiger partial charge in [-0.05, 0) is 49.4 Å². The summed E-state index contributed by atoms with van der Waals surface area (Å²) in [5.74, 6) is -0.268. The minimum atomic E-state index is -0.516. The summed E-state index contributed by atoms with van der Waals surface area (Å²) in [6.07, 6.45) is 3.17. The van der Waals surface area contributed by atoms with Crippen molar-refractivity contribution in [2.24, 2.45) is 0 Å². The van der Waals surface area contributed by atoms with Crippen LogP contribution in [0.5, 0.6) is 5.88 Å². The highest BCUT2D eigenvalue weighted by Crippen LogP contribution is 2.39. The first-order chi connectivity index (χ1) is 10.6. The first-order valence-corrected chi connectivity index (χ1v) is 7.49. The first kappa shape index (κ1) is 14.8. The van der Waals surface area contributed by atoms with E-state index < -0.39 is 5.97 Å². The van der Waals surface area contributed by atoms with Crippen LogP contribution in [0.2, 0.25) is 0 Å². The average Bonchev–Trinajstić information content (AvgIpc) is 2.45. The number of esters is 1. The second-order valence-corrected chi connectivity index (χ2v) is 5.46. The van der Waals surface area contributed by atoms with Gasteiger partial charge in [0.1, 0.15) is 11.4 Å². The lowest BCUT2D eigenvalue weighted by Crippen LogP contribution is -2.11. The Kier molecular flexibility index (Phi) is 3.96. The van der Waals surface area contributed by atoms with Crippen LogP contribution < -0.4 is 4.74 Å². The van der Waals surface area contributed by atoms with E-state index in [1.807, 2.05) is 0 Å². The fraction of sp³-hybridized carbons (Fsp3) is 0.412. The maximum absolute atomic E-state index is 14.3. The van der Waals surface area contributed by atoms with E-state index >= 15 is 0 Å². The van der Waals surface area contributed by atoms with Gasteiger partial charge < -0.3 is 9.47 Å². The van der Waals surface area contributed by atoms with Crippen molar-refractivity contribution in [2.45, 2.75) is 32.1 Å². The van der Waals surface area contributed by atoms with Crippen LogP contribution in [0.4, 0.5) is 4.39 Å². The van der Waals surface area contributed by atoms with Crippen molar-refractivity contribution in [3.63, 3.8) is 0 Å². The molecule has 2 aromatic rings. The molecule has 5 heteroatoms. The van der Waals surface area contributed by atoms with Crippen molar-refractivity contribution in [3.8, 4) is 5.88 Å². The molecule has 1 aliphatic carbocycles. The predicted molar refractivity (Wildman–Crippen MR) is 80.8 cm³/mol. The zero-order chi connectivity index (χ0) is 15.7. The number of ether oxygens (including phenoxy) is 2. The number of rotatable bonds is 4. The van der Waals surface area contributed by atoms with Crippen molar-refractivity contribution in [3.05, 3.63) is 35.1 Å². The van der Waals surface area contributed by atoms with Crippen LogP contribution in [-0.2, 0) is 4.74 Å². The van der Waals surface area contributed by atoms with Gasteiger partial charge >= 0.3 is 5.97 Å². The number of methoxy groups -OCH3 is 1. The molecule has 22 heavy (non-hydrogen) atoms. The van der Waals surface area contributed by atoms with Gasteiger partial charge in [0.2, 0.25) is 5.88 Å². The molecule has 1 saturated carbocycles. The van der Waals surface area contributed by atoms with E-state index in [-0.39, 0.29) is 29.8 Å². The highest BCUT2D eigenvalue weighted by molar-refractivity contribution is 5.96. The Labute approximate surface area is 128 Å². The molecule has 0 spiro atoms. The van der Waals surface area contributed by atoms with Gasteiger partial charge in [0.15, 0.2) is 0 Å². The van der Waals surface area contributed by atoms with Crippen LogP contribution in [0.15, 0.2) is 18.2 Å². The summed E-state index contributed by atoms with van der Waals surface area (Å²) in [6, 6.07) is 4.79. The summed E-state index contributed by atoms with van der Waals surface area (Å²) in [5.41, 5.74) is 1.55. The third-order valence-corrected chi connectivity index (χ3v) is 4.13. The number of aromatic nitrogens is 1. The molecule has 1 aromatic heterocycles. The van der Waals surface area contributed by atoms with Crippen molar-refractivity contribution < 1.29 is 18.7 Å². The molecule has 4 nitrogen and oxygen atoms in total. The van der Waals surface area contributed by atoms with E-state index in [0.29, 0.717) is 16.5 Å². The maximum atomic E-state index is 14.3. The number of nitrogens with zero attached hydrogens (tertiary/aromatic N) is 1. The molecule has 3 rings (SSSR count). The second-order valence-electron chi connectivity index (χ2n) is 5.46. The molecule has 0 saturated heterocycles. The molecular formula is C17H18FNO3. The lowest BCUT2D eigenvalue weighted by atomic mass is 9.79. The Morgan fingerprint density at radius 2 is 2.14 bits per heavy atom. The van der Waals surface area contributed by atoms with E-state index in [2.05, 4.69) is 4.98 Å². The topological polar surface area (TPSA) is 48.4 Å². The summed E-state index contributed by atoms with van der Waals surface area (Å²) >= 11 is 0. The minimum absolute atomic E-state index is 0.206. The Morgan fingerprint density at radius 3 is 2.73 bits per heavy atom. The molecule has 0 amide bonds. The zero-order valence-electron chi connectivity index (χ0n) is 12.7. The Bertz CT molecular complexity index is 725. The van der Waals surface area contributed by atoms with E-state index in [1.54, 1.807) is 19.1 Å². The third kappa shape index (κ3) is 2.51. The van der Waals surface area contributed by atoms with Gasteiger partial charge in [0.05, 0.1) is 19.2 Å². The molecule has 0 radical (unpaired) electrons. The van der Waals surface area contributed by atoms with Gasteiger partial charge in [-0.2, -0.15) is 0 Å². The fourth-order valence-electron chi connectivity index (χ4n) is 2.74. The van der Waals surface area contributed by atoms with Crippen LogP contribution in [0.25, 0.3) is 10.9 Å². The zero-order valence-corrected chi connectivity index (χ0v) is 12.7. The highest BCUT2D eigenvalue weighted by Gasteiger charge is 2.24. The lowest BCUT2D eigenvalue weighted by Gasteiger charge is -2.26. The molecule has 1 heterocycles. The maximum Gasteiger partial charge on any atom is 0.343 e. The number of carbonyl (C=O) groups is 1. The molecule has 0 atom stereocenters. The Balaban J connectivity index is 2.10. The van der Waals surface area contributed by atoms with Crippen molar-refractivity contribution >= 4 is 16.9 Å². The molecular weight excluding hydrogens is 285 g/mol. The van der Waals surface area contributed by atoms with Gasteiger partial charge in [-0.3, -0.25) is 0 Å². The standard InChI is InChI=1S/C17H18FNO3/c1-3-22-17(20)13-7-11-8-14(18)12(10-5-4-6-10)9-15(11)19-16(13)21-2/h7-10H,3-6H2,1-2H3. The molecule has 0 bridgehead atoms. The van der Waals surface area contributed by atoms with Gasteiger partial charge in [0, 0.05) is 5.39 Å². The van der Waals surface area contributed by atoms with E-state index in [0.717, 1.165) is 19.3 Å². The number of carbonyl (C=O) groups excluding carboxylic acids is 1. The molecule has 1 fully saturated rings. The number of benzene rings is 1. The van der Waals surface area contributed by atoms with Gasteiger partial charge in [-0.15, -0.1) is 0 Å². The highest BCUT2D eigenvalue weighted by atomic mass is 19.1. The number of fused-ring (bicyclic) bond motifs is 1. The van der Waals surface area contributed by atoms with Crippen LogP contribution in [-0.4, -0.2) is 24.7 Å². The Hall–Kier alpha value is -2.17. The van der Waals surface area contributed by atoms with Crippen LogP contribution in [0, 0.1) is 5.82 Å². The van der Waals surface area contributed by atoms with E-state index in [1.165, 1.54) is 13.2 Å². The second kappa shape index (κ2) is 5.91. The van der Waals surface area contributed by atoms with Gasteiger partial charge in [-0.1, -0.05) is 6.42 Å². The van der Waals surface area contributed by atoms with Crippen molar-refractivity contribution in [2.75, 3.05) is 13.7 Å². The van der Waals surface area contributed by atoms with Gasteiger partial charge in [-0.25, -0.2) is 14.2 Å². The summed E-state index contributed by atoms with van der Waals surface area (Å²) < 4.78 is 24.5. The minimum Gasteiger partial charge on any atom is -0.480 e. The predicted octanol–water partition coefficient (Wildman–Crippen LogP) is 3.83. The number of hydrogen-bond donors (Lipinski definition) is 0. The largest absolute Gasteiger partial charge is 0.480 e. The molecule has 0 unspecified atom stereocenters. The monoisotopic (exact) mass is 303 g/mol.